The zero-order valence-electron chi connectivity index (χ0n) is 15.5. The molecule has 0 amide bonds. The van der Waals surface area contributed by atoms with Crippen LogP contribution in [-0.4, -0.2) is 31.7 Å². The van der Waals surface area contributed by atoms with Crippen LogP contribution in [0, 0.1) is 0 Å². The number of hydrogen-bond donors (Lipinski definition) is 1. The fourth-order valence-electron chi connectivity index (χ4n) is 3.43. The molecule has 0 spiro atoms. The quantitative estimate of drug-likeness (QED) is 0.699. The number of benzene rings is 2. The average molecular weight is 400 g/mol. The summed E-state index contributed by atoms with van der Waals surface area (Å²) in [5.74, 6) is 1.69. The second-order valence-corrected chi connectivity index (χ2v) is 8.32. The molecule has 0 bridgehead atoms. The van der Waals surface area contributed by atoms with Gasteiger partial charge in [0.05, 0.1) is 18.6 Å². The number of nitrogens with two attached hydrogens (primary N) is 1. The molecule has 2 heterocycles. The lowest BCUT2D eigenvalue weighted by atomic mass is 10.1. The van der Waals surface area contributed by atoms with E-state index in [1.165, 1.54) is 6.07 Å². The van der Waals surface area contributed by atoms with Crippen LogP contribution in [0.2, 0.25) is 0 Å². The predicted octanol–water partition coefficient (Wildman–Crippen LogP) is 2.34. The molecule has 0 saturated carbocycles. The van der Waals surface area contributed by atoms with Gasteiger partial charge in [0.25, 0.3) is 0 Å². The summed E-state index contributed by atoms with van der Waals surface area (Å²) < 4.78 is 33.9. The van der Waals surface area contributed by atoms with E-state index in [1.807, 2.05) is 24.3 Å². The van der Waals surface area contributed by atoms with Crippen molar-refractivity contribution < 1.29 is 17.7 Å². The Kier molecular flexibility index (Phi) is 4.56. The van der Waals surface area contributed by atoms with E-state index in [9.17, 15) is 8.42 Å². The van der Waals surface area contributed by atoms with Crippen molar-refractivity contribution in [2.24, 2.45) is 5.14 Å². The Morgan fingerprint density at radius 2 is 2.11 bits per heavy atom. The first kappa shape index (κ1) is 18.5. The Morgan fingerprint density at radius 1 is 1.29 bits per heavy atom. The second-order valence-electron chi connectivity index (χ2n) is 6.76. The van der Waals surface area contributed by atoms with Gasteiger partial charge in [0.15, 0.2) is 0 Å². The molecule has 4 rings (SSSR count). The van der Waals surface area contributed by atoms with Gasteiger partial charge in [-0.25, -0.2) is 13.6 Å². The number of nitrogens with zero attached hydrogens (tertiary/aromatic N) is 3. The Labute approximate surface area is 163 Å². The average Bonchev–Trinajstić information content (AvgIpc) is 3.26. The Morgan fingerprint density at radius 3 is 2.86 bits per heavy atom. The molecule has 0 fully saturated rings. The largest absolute Gasteiger partial charge is 0.497 e. The number of rotatable bonds is 5. The number of ether oxygens (including phenoxy) is 1. The number of methoxy groups -OCH3 is 1. The number of sulfonamides is 1. The van der Waals surface area contributed by atoms with Crippen LogP contribution in [0.15, 0.2) is 51.9 Å². The van der Waals surface area contributed by atoms with E-state index >= 15 is 0 Å². The van der Waals surface area contributed by atoms with Crippen LogP contribution in [0.4, 0.5) is 5.69 Å². The molecule has 2 N–H and O–H groups in total. The van der Waals surface area contributed by atoms with E-state index in [0.29, 0.717) is 18.3 Å². The highest BCUT2D eigenvalue weighted by Crippen LogP contribution is 2.35. The van der Waals surface area contributed by atoms with Gasteiger partial charge < -0.3 is 14.2 Å². The van der Waals surface area contributed by atoms with Crippen molar-refractivity contribution in [2.75, 3.05) is 12.0 Å². The van der Waals surface area contributed by atoms with Gasteiger partial charge in [0, 0.05) is 17.3 Å². The van der Waals surface area contributed by atoms with Gasteiger partial charge in [0.1, 0.15) is 5.75 Å². The summed E-state index contributed by atoms with van der Waals surface area (Å²) in [6.07, 6.45) is 0.718. The van der Waals surface area contributed by atoms with E-state index in [-0.39, 0.29) is 10.9 Å². The summed E-state index contributed by atoms with van der Waals surface area (Å²) in [5.41, 5.74) is 2.69. The Hall–Kier alpha value is -2.91. The van der Waals surface area contributed by atoms with E-state index in [1.54, 1.807) is 19.2 Å². The van der Waals surface area contributed by atoms with E-state index in [0.717, 1.165) is 29.0 Å². The maximum Gasteiger partial charge on any atom is 0.246 e. The molecule has 9 heteroatoms. The first-order valence-corrected chi connectivity index (χ1v) is 10.3. The van der Waals surface area contributed by atoms with Crippen LogP contribution in [0.1, 0.15) is 18.4 Å². The third kappa shape index (κ3) is 3.46. The summed E-state index contributed by atoms with van der Waals surface area (Å²) in [6, 6.07) is 12.5. The fourth-order valence-corrected chi connectivity index (χ4v) is 4.00. The molecule has 0 aliphatic carbocycles. The van der Waals surface area contributed by atoms with Crippen LogP contribution >= 0.6 is 0 Å². The lowest BCUT2D eigenvalue weighted by Gasteiger charge is -2.22. The number of anilines is 1. The third-order valence-electron chi connectivity index (χ3n) is 4.84. The molecule has 1 aliphatic heterocycles. The Bertz CT molecular complexity index is 1130. The number of hydrogen-bond acceptors (Lipinski definition) is 7. The summed E-state index contributed by atoms with van der Waals surface area (Å²) in [7, 11) is -2.12. The molecule has 0 unspecified atom stereocenters. The van der Waals surface area contributed by atoms with Gasteiger partial charge in [-0.15, -0.1) is 0 Å². The molecule has 8 nitrogen and oxygen atoms in total. The van der Waals surface area contributed by atoms with Crippen molar-refractivity contribution in [3.05, 3.63) is 53.9 Å². The van der Waals surface area contributed by atoms with Crippen LogP contribution in [0.25, 0.3) is 11.4 Å². The number of primary sulfonamides is 1. The first-order valence-electron chi connectivity index (χ1n) is 8.74. The van der Waals surface area contributed by atoms with Gasteiger partial charge in [-0.3, -0.25) is 0 Å². The molecule has 2 aromatic carbocycles. The van der Waals surface area contributed by atoms with Crippen molar-refractivity contribution in [3.63, 3.8) is 0 Å². The Balaban J connectivity index is 1.58. The predicted molar refractivity (Wildman–Crippen MR) is 103 cm³/mol. The fraction of sp³-hybridized carbons (Fsp3) is 0.263. The van der Waals surface area contributed by atoms with Crippen LogP contribution < -0.4 is 14.8 Å². The van der Waals surface area contributed by atoms with Gasteiger partial charge in [-0.05, 0) is 49.2 Å². The highest BCUT2D eigenvalue weighted by Gasteiger charge is 2.28. The summed E-state index contributed by atoms with van der Waals surface area (Å²) in [4.78, 5) is 6.73. The molecule has 146 valence electrons. The highest BCUT2D eigenvalue weighted by atomic mass is 32.2. The maximum absolute atomic E-state index is 11.6. The minimum absolute atomic E-state index is 0.124. The summed E-state index contributed by atoms with van der Waals surface area (Å²) >= 11 is 0. The van der Waals surface area contributed by atoms with E-state index in [2.05, 4.69) is 22.0 Å². The third-order valence-corrected chi connectivity index (χ3v) is 5.75. The van der Waals surface area contributed by atoms with Gasteiger partial charge >= 0.3 is 0 Å². The monoisotopic (exact) mass is 400 g/mol. The SMILES string of the molecule is COc1cccc(-c2noc(CN3c4ccc(S(N)(=O)=O)cc4C[C@@H]3C)n2)c1. The minimum Gasteiger partial charge on any atom is -0.497 e. The van der Waals surface area contributed by atoms with Gasteiger partial charge in [-0.1, -0.05) is 17.3 Å². The molecular weight excluding hydrogens is 380 g/mol. The number of aromatic nitrogens is 2. The normalized spacial score (nSPS) is 16.2. The summed E-state index contributed by atoms with van der Waals surface area (Å²) in [6.45, 7) is 2.50. The molecule has 1 aromatic heterocycles. The lowest BCUT2D eigenvalue weighted by molar-refractivity contribution is 0.374. The topological polar surface area (TPSA) is 112 Å². The van der Waals surface area contributed by atoms with Crippen molar-refractivity contribution in [1.82, 2.24) is 10.1 Å². The van der Waals surface area contributed by atoms with Crippen molar-refractivity contribution >= 4 is 15.7 Å². The van der Waals surface area contributed by atoms with Gasteiger partial charge in [0.2, 0.25) is 21.7 Å². The molecular formula is C19H20N4O4S. The maximum atomic E-state index is 11.6. The lowest BCUT2D eigenvalue weighted by Crippen LogP contribution is -2.28. The van der Waals surface area contributed by atoms with E-state index in [4.69, 9.17) is 14.4 Å². The highest BCUT2D eigenvalue weighted by molar-refractivity contribution is 7.89. The van der Waals surface area contributed by atoms with Crippen LogP contribution in [0.5, 0.6) is 5.75 Å². The molecule has 3 aromatic rings. The zero-order valence-corrected chi connectivity index (χ0v) is 16.3. The second kappa shape index (κ2) is 6.92. The van der Waals surface area contributed by atoms with Crippen molar-refractivity contribution in [3.8, 4) is 17.1 Å². The summed E-state index contributed by atoms with van der Waals surface area (Å²) in [5, 5.41) is 9.31. The molecule has 0 saturated heterocycles. The van der Waals surface area contributed by atoms with Crippen molar-refractivity contribution in [1.29, 1.82) is 0 Å². The van der Waals surface area contributed by atoms with Crippen molar-refractivity contribution in [2.45, 2.75) is 30.8 Å². The molecule has 0 radical (unpaired) electrons. The van der Waals surface area contributed by atoms with Crippen LogP contribution in [-0.2, 0) is 23.0 Å². The standard InChI is InChI=1S/C19H20N4O4S/c1-12-8-14-10-16(28(20,24)25)6-7-17(14)23(12)11-18-21-19(22-27-18)13-4-3-5-15(9-13)26-2/h3-7,9-10,12H,8,11H2,1-2H3,(H2,20,24,25)/t12-/m0/s1. The smallest absolute Gasteiger partial charge is 0.246 e. The van der Waals surface area contributed by atoms with Crippen LogP contribution in [0.3, 0.4) is 0 Å². The van der Waals surface area contributed by atoms with Gasteiger partial charge in [-0.2, -0.15) is 4.98 Å². The number of fused-ring (bicyclic) bond motifs is 1. The first-order chi connectivity index (χ1) is 13.3. The minimum atomic E-state index is -3.72. The molecule has 1 aliphatic rings. The molecule has 1 atom stereocenters. The zero-order chi connectivity index (χ0) is 19.9. The molecule has 28 heavy (non-hydrogen) atoms. The van der Waals surface area contributed by atoms with E-state index < -0.39 is 10.0 Å².